The summed E-state index contributed by atoms with van der Waals surface area (Å²) in [5.41, 5.74) is 10.4. The van der Waals surface area contributed by atoms with Crippen molar-refractivity contribution in [2.24, 2.45) is 0 Å². The first-order valence-corrected chi connectivity index (χ1v) is 8.94. The molecule has 2 aromatic carbocycles. The highest BCUT2D eigenvalue weighted by Crippen LogP contribution is 2.45. The summed E-state index contributed by atoms with van der Waals surface area (Å²) in [5.74, 6) is 2.24. The lowest BCUT2D eigenvalue weighted by atomic mass is 10.2. The second-order valence-corrected chi connectivity index (χ2v) is 7.19. The Bertz CT molecular complexity index is 833. The largest absolute Gasteiger partial charge is 0.399 e. The summed E-state index contributed by atoms with van der Waals surface area (Å²) in [6.07, 6.45) is 3.48. The van der Waals surface area contributed by atoms with E-state index in [1.54, 1.807) is 12.4 Å². The van der Waals surface area contributed by atoms with Crippen LogP contribution in [-0.2, 0) is 0 Å². The monoisotopic (exact) mass is 326 g/mol. The van der Waals surface area contributed by atoms with E-state index in [-0.39, 0.29) is 0 Å². The molecule has 3 aromatic rings. The van der Waals surface area contributed by atoms with Gasteiger partial charge < -0.3 is 11.1 Å². The molecule has 2 heterocycles. The Hall–Kier alpha value is -1.92. The van der Waals surface area contributed by atoms with Gasteiger partial charge >= 0.3 is 0 Å². The predicted octanol–water partition coefficient (Wildman–Crippen LogP) is 4.15. The van der Waals surface area contributed by atoms with Gasteiger partial charge in [0.1, 0.15) is 5.52 Å². The highest BCUT2D eigenvalue weighted by atomic mass is 32.2. The fraction of sp³-hybridized carbons (Fsp3) is 0.125. The summed E-state index contributed by atoms with van der Waals surface area (Å²) in [6, 6.07) is 9.90. The summed E-state index contributed by atoms with van der Waals surface area (Å²) in [5, 5.41) is 3.51. The molecule has 0 spiro atoms. The second kappa shape index (κ2) is 5.70. The van der Waals surface area contributed by atoms with Gasteiger partial charge in [-0.25, -0.2) is 0 Å². The van der Waals surface area contributed by atoms with E-state index in [2.05, 4.69) is 21.4 Å². The molecule has 0 saturated heterocycles. The van der Waals surface area contributed by atoms with E-state index in [0.717, 1.165) is 39.6 Å². The number of nitrogens with one attached hydrogen (secondary N) is 1. The lowest BCUT2D eigenvalue weighted by Gasteiger charge is -2.20. The Labute approximate surface area is 136 Å². The minimum atomic E-state index is 0.759. The van der Waals surface area contributed by atoms with Crippen molar-refractivity contribution in [3.05, 3.63) is 42.7 Å². The predicted molar refractivity (Wildman–Crippen MR) is 95.1 cm³/mol. The summed E-state index contributed by atoms with van der Waals surface area (Å²) < 4.78 is 0. The molecular weight excluding hydrogens is 312 g/mol. The molecule has 0 aliphatic carbocycles. The van der Waals surface area contributed by atoms with Crippen molar-refractivity contribution < 1.29 is 0 Å². The first-order valence-electron chi connectivity index (χ1n) is 6.97. The number of nitrogen functional groups attached to an aromatic ring is 1. The van der Waals surface area contributed by atoms with Crippen LogP contribution in [-0.4, -0.2) is 21.5 Å². The number of fused-ring (bicyclic) bond motifs is 2. The van der Waals surface area contributed by atoms with E-state index in [1.807, 2.05) is 47.8 Å². The number of thioether (sulfide) groups is 2. The number of hydrogen-bond donors (Lipinski definition) is 2. The summed E-state index contributed by atoms with van der Waals surface area (Å²) in [7, 11) is 0. The van der Waals surface area contributed by atoms with Gasteiger partial charge in [-0.05, 0) is 30.3 Å². The average molecular weight is 326 g/mol. The quantitative estimate of drug-likeness (QED) is 0.690. The molecule has 0 unspecified atom stereocenters. The molecule has 4 nitrogen and oxygen atoms in total. The van der Waals surface area contributed by atoms with Crippen LogP contribution in [0.25, 0.3) is 11.0 Å². The van der Waals surface area contributed by atoms with Gasteiger partial charge in [-0.3, -0.25) is 9.97 Å². The maximum absolute atomic E-state index is 5.76. The third kappa shape index (κ3) is 2.48. The van der Waals surface area contributed by atoms with Gasteiger partial charge in [-0.2, -0.15) is 0 Å². The summed E-state index contributed by atoms with van der Waals surface area (Å²) in [6.45, 7) is 0. The zero-order chi connectivity index (χ0) is 14.9. The number of hydrogen-bond acceptors (Lipinski definition) is 6. The number of nitrogens with zero attached hydrogens (tertiary/aromatic N) is 2. The minimum absolute atomic E-state index is 0.759. The van der Waals surface area contributed by atoms with E-state index in [9.17, 15) is 0 Å². The van der Waals surface area contributed by atoms with Crippen molar-refractivity contribution in [2.75, 3.05) is 22.6 Å². The summed E-state index contributed by atoms with van der Waals surface area (Å²) >= 11 is 3.76. The molecule has 1 aliphatic heterocycles. The number of anilines is 3. The van der Waals surface area contributed by atoms with Crippen LogP contribution in [0.4, 0.5) is 17.1 Å². The highest BCUT2D eigenvalue weighted by Gasteiger charge is 2.19. The first kappa shape index (κ1) is 13.7. The zero-order valence-electron chi connectivity index (χ0n) is 11.7. The molecule has 6 heteroatoms. The van der Waals surface area contributed by atoms with Crippen LogP contribution >= 0.6 is 23.5 Å². The van der Waals surface area contributed by atoms with Crippen LogP contribution in [0.3, 0.4) is 0 Å². The van der Waals surface area contributed by atoms with Crippen LogP contribution in [0.1, 0.15) is 0 Å². The fourth-order valence-corrected chi connectivity index (χ4v) is 4.81. The molecule has 4 rings (SSSR count). The lowest BCUT2D eigenvalue weighted by Crippen LogP contribution is -2.02. The van der Waals surface area contributed by atoms with Gasteiger partial charge in [-0.15, -0.1) is 23.5 Å². The van der Waals surface area contributed by atoms with Crippen LogP contribution in [0.15, 0.2) is 52.5 Å². The van der Waals surface area contributed by atoms with Crippen molar-refractivity contribution in [1.82, 2.24) is 9.97 Å². The second-order valence-electron chi connectivity index (χ2n) is 4.95. The topological polar surface area (TPSA) is 63.8 Å². The van der Waals surface area contributed by atoms with E-state index in [4.69, 9.17) is 5.73 Å². The number of nitrogens with two attached hydrogens (primary N) is 1. The number of aromatic nitrogens is 2. The Morgan fingerprint density at radius 3 is 2.64 bits per heavy atom. The Balaban J connectivity index is 1.88. The Morgan fingerprint density at radius 2 is 1.77 bits per heavy atom. The molecule has 0 fully saturated rings. The van der Waals surface area contributed by atoms with Crippen LogP contribution in [0.5, 0.6) is 0 Å². The van der Waals surface area contributed by atoms with E-state index >= 15 is 0 Å². The Kier molecular flexibility index (Phi) is 3.56. The summed E-state index contributed by atoms with van der Waals surface area (Å²) in [4.78, 5) is 11.5. The van der Waals surface area contributed by atoms with E-state index < -0.39 is 0 Å². The third-order valence-corrected chi connectivity index (χ3v) is 6.00. The highest BCUT2D eigenvalue weighted by molar-refractivity contribution is 8.05. The van der Waals surface area contributed by atoms with Crippen molar-refractivity contribution in [1.29, 1.82) is 0 Å². The van der Waals surface area contributed by atoms with Gasteiger partial charge in [-0.1, -0.05) is 0 Å². The molecule has 0 radical (unpaired) electrons. The van der Waals surface area contributed by atoms with Gasteiger partial charge in [0.05, 0.1) is 11.2 Å². The maximum Gasteiger partial charge on any atom is 0.113 e. The van der Waals surface area contributed by atoms with Gasteiger partial charge in [0.2, 0.25) is 0 Å². The molecule has 0 amide bonds. The molecule has 0 atom stereocenters. The van der Waals surface area contributed by atoms with Crippen LogP contribution in [0.2, 0.25) is 0 Å². The fourth-order valence-electron chi connectivity index (χ4n) is 2.44. The normalized spacial score (nSPS) is 13.8. The average Bonchev–Trinajstić information content (AvgIpc) is 2.56. The maximum atomic E-state index is 5.76. The zero-order valence-corrected chi connectivity index (χ0v) is 13.4. The van der Waals surface area contributed by atoms with Gasteiger partial charge in [0, 0.05) is 45.1 Å². The van der Waals surface area contributed by atoms with E-state index in [0.29, 0.717) is 0 Å². The van der Waals surface area contributed by atoms with Crippen molar-refractivity contribution in [3.8, 4) is 0 Å². The molecule has 0 bridgehead atoms. The molecule has 1 aromatic heterocycles. The molecule has 0 saturated carbocycles. The first-order chi connectivity index (χ1) is 10.8. The van der Waals surface area contributed by atoms with E-state index in [1.165, 1.54) is 9.79 Å². The van der Waals surface area contributed by atoms with Gasteiger partial charge in [0.15, 0.2) is 0 Å². The smallest absolute Gasteiger partial charge is 0.113 e. The molecule has 1 aliphatic rings. The van der Waals surface area contributed by atoms with Crippen molar-refractivity contribution >= 4 is 51.6 Å². The van der Waals surface area contributed by atoms with Crippen LogP contribution < -0.4 is 11.1 Å². The van der Waals surface area contributed by atoms with Crippen LogP contribution in [0, 0.1) is 0 Å². The van der Waals surface area contributed by atoms with Gasteiger partial charge in [0.25, 0.3) is 0 Å². The lowest BCUT2D eigenvalue weighted by molar-refractivity contribution is 1.19. The Morgan fingerprint density at radius 1 is 1.00 bits per heavy atom. The standard InChI is InChI=1S/C16H14N4S2/c17-10-1-3-11(4-2-10)20-15-14-12(18-5-6-19-14)9-13-16(15)22-8-7-21-13/h1-6,9,20H,7-8,17H2. The van der Waals surface area contributed by atoms with Crippen molar-refractivity contribution in [2.45, 2.75) is 9.79 Å². The third-order valence-electron chi connectivity index (χ3n) is 3.45. The number of benzene rings is 2. The SMILES string of the molecule is Nc1ccc(Nc2c3c(cc4nccnc24)SCCS3)cc1. The molecule has 3 N–H and O–H groups in total. The minimum Gasteiger partial charge on any atom is -0.399 e. The molecule has 110 valence electrons. The molecule has 22 heavy (non-hydrogen) atoms. The number of rotatable bonds is 2. The molecular formula is C16H14N4S2. The van der Waals surface area contributed by atoms with Crippen molar-refractivity contribution in [3.63, 3.8) is 0 Å².